The Kier molecular flexibility index (Phi) is 5.49. The molecule has 1 heterocycles. The van der Waals surface area contributed by atoms with E-state index in [1.54, 1.807) is 24.3 Å². The molecule has 0 saturated carbocycles. The highest BCUT2D eigenvalue weighted by Crippen LogP contribution is 2.17. The molecule has 0 radical (unpaired) electrons. The molecule has 1 aromatic rings. The summed E-state index contributed by atoms with van der Waals surface area (Å²) in [5, 5.41) is 9.01. The number of allylic oxidation sites excluding steroid dienone is 1. The van der Waals surface area contributed by atoms with Crippen molar-refractivity contribution in [2.75, 3.05) is 13.1 Å². The zero-order valence-electron chi connectivity index (χ0n) is 11.9. The van der Waals surface area contributed by atoms with Crippen molar-refractivity contribution in [2.45, 2.75) is 12.8 Å². The first-order chi connectivity index (χ1) is 10.5. The first-order valence-corrected chi connectivity index (χ1v) is 7.76. The molecule has 1 aliphatic rings. The Morgan fingerprint density at radius 3 is 2.50 bits per heavy atom. The number of carboxylic acid groups (broad SMARTS) is 1. The molecule has 0 bridgehead atoms. The smallest absolute Gasteiger partial charge is 0.308 e. The van der Waals surface area contributed by atoms with Crippen LogP contribution in [0.1, 0.15) is 23.2 Å². The summed E-state index contributed by atoms with van der Waals surface area (Å²) >= 11 is 3.29. The predicted octanol–water partition coefficient (Wildman–Crippen LogP) is 2.51. The van der Waals surface area contributed by atoms with Crippen LogP contribution in [0.4, 0.5) is 0 Å². The second kappa shape index (κ2) is 7.35. The van der Waals surface area contributed by atoms with Gasteiger partial charge in [-0.3, -0.25) is 14.4 Å². The van der Waals surface area contributed by atoms with Crippen LogP contribution < -0.4 is 0 Å². The van der Waals surface area contributed by atoms with E-state index >= 15 is 0 Å². The van der Waals surface area contributed by atoms with Crippen molar-refractivity contribution >= 4 is 33.6 Å². The number of ketones is 1. The highest BCUT2D eigenvalue weighted by atomic mass is 79.9. The van der Waals surface area contributed by atoms with Crippen LogP contribution in [0.5, 0.6) is 0 Å². The van der Waals surface area contributed by atoms with Crippen molar-refractivity contribution in [3.8, 4) is 0 Å². The van der Waals surface area contributed by atoms with Gasteiger partial charge in [-0.05, 0) is 43.2 Å². The fourth-order valence-corrected chi connectivity index (χ4v) is 2.61. The molecule has 0 aliphatic carbocycles. The highest BCUT2D eigenvalue weighted by molar-refractivity contribution is 9.10. The third kappa shape index (κ3) is 4.27. The lowest BCUT2D eigenvalue weighted by molar-refractivity contribution is -0.144. The van der Waals surface area contributed by atoms with Crippen LogP contribution in [0.25, 0.3) is 0 Å². The lowest BCUT2D eigenvalue weighted by Crippen LogP contribution is -2.41. The van der Waals surface area contributed by atoms with Gasteiger partial charge in [0.2, 0.25) is 5.91 Å². The molecule has 1 atom stereocenters. The summed E-state index contributed by atoms with van der Waals surface area (Å²) in [6, 6.07) is 6.85. The summed E-state index contributed by atoms with van der Waals surface area (Å²) in [6.45, 7) is 0.727. The summed E-state index contributed by atoms with van der Waals surface area (Å²) in [7, 11) is 0. The molecule has 1 saturated heterocycles. The average molecular weight is 366 g/mol. The van der Waals surface area contributed by atoms with Crippen molar-refractivity contribution in [2.24, 2.45) is 5.92 Å². The van der Waals surface area contributed by atoms with Gasteiger partial charge in [-0.15, -0.1) is 0 Å². The molecule has 1 fully saturated rings. The van der Waals surface area contributed by atoms with Crippen LogP contribution in [0.3, 0.4) is 0 Å². The normalized spacial score (nSPS) is 18.4. The molecule has 0 spiro atoms. The summed E-state index contributed by atoms with van der Waals surface area (Å²) < 4.78 is 0.872. The number of likely N-dealkylation sites (tertiary alicyclic amines) is 1. The van der Waals surface area contributed by atoms with E-state index in [-0.39, 0.29) is 18.2 Å². The first kappa shape index (κ1) is 16.4. The van der Waals surface area contributed by atoms with Crippen molar-refractivity contribution < 1.29 is 19.5 Å². The molecule has 1 amide bonds. The van der Waals surface area contributed by atoms with E-state index in [0.717, 1.165) is 4.47 Å². The van der Waals surface area contributed by atoms with Crippen LogP contribution in [0.2, 0.25) is 0 Å². The van der Waals surface area contributed by atoms with E-state index in [2.05, 4.69) is 15.9 Å². The largest absolute Gasteiger partial charge is 0.481 e. The maximum atomic E-state index is 12.0. The second-order valence-electron chi connectivity index (χ2n) is 5.17. The molecule has 5 nitrogen and oxygen atoms in total. The zero-order chi connectivity index (χ0) is 16.1. The maximum absolute atomic E-state index is 12.0. The average Bonchev–Trinajstić information content (AvgIpc) is 2.53. The molecule has 22 heavy (non-hydrogen) atoms. The first-order valence-electron chi connectivity index (χ1n) is 6.97. The monoisotopic (exact) mass is 365 g/mol. The van der Waals surface area contributed by atoms with E-state index in [0.29, 0.717) is 24.9 Å². The number of hydrogen-bond acceptors (Lipinski definition) is 3. The minimum absolute atomic E-state index is 0.199. The molecule has 116 valence electrons. The minimum atomic E-state index is -0.882. The molecule has 0 aromatic heterocycles. The standard InChI is InChI=1S/C16H16BrNO4/c17-13-5-3-11(4-6-13)14(19)7-8-15(20)18-9-1-2-12(10-18)16(21)22/h3-8,12H,1-2,9-10H2,(H,21,22)/b8-7+. The molecule has 1 unspecified atom stereocenters. The van der Waals surface area contributed by atoms with Crippen molar-refractivity contribution in [1.82, 2.24) is 4.90 Å². The van der Waals surface area contributed by atoms with Gasteiger partial charge in [0.15, 0.2) is 5.78 Å². The maximum Gasteiger partial charge on any atom is 0.308 e. The third-order valence-corrected chi connectivity index (χ3v) is 4.12. The molecule has 2 rings (SSSR count). The van der Waals surface area contributed by atoms with Crippen molar-refractivity contribution in [3.63, 3.8) is 0 Å². The summed E-state index contributed by atoms with van der Waals surface area (Å²) in [5.41, 5.74) is 0.495. The number of aliphatic carboxylic acids is 1. The van der Waals surface area contributed by atoms with Crippen LogP contribution in [0.15, 0.2) is 40.9 Å². The number of carbonyl (C=O) groups is 3. The number of carboxylic acids is 1. The Labute approximate surface area is 136 Å². The van der Waals surface area contributed by atoms with Gasteiger partial charge in [0, 0.05) is 29.2 Å². The van der Waals surface area contributed by atoms with Gasteiger partial charge in [0.1, 0.15) is 0 Å². The zero-order valence-corrected chi connectivity index (χ0v) is 13.5. The van der Waals surface area contributed by atoms with Crippen LogP contribution in [-0.2, 0) is 9.59 Å². The molecule has 1 aliphatic heterocycles. The molecular formula is C16H16BrNO4. The lowest BCUT2D eigenvalue weighted by Gasteiger charge is -2.29. The molecule has 1 aromatic carbocycles. The van der Waals surface area contributed by atoms with E-state index in [1.807, 2.05) is 0 Å². The molecular weight excluding hydrogens is 350 g/mol. The van der Waals surface area contributed by atoms with Gasteiger partial charge in [0.05, 0.1) is 5.92 Å². The number of nitrogens with zero attached hydrogens (tertiary/aromatic N) is 1. The number of piperidine rings is 1. The molecule has 6 heteroatoms. The SMILES string of the molecule is O=C(/C=C/C(=O)N1CCCC(C(=O)O)C1)c1ccc(Br)cc1. The van der Waals surface area contributed by atoms with Gasteiger partial charge in [-0.1, -0.05) is 15.9 Å². The number of hydrogen-bond donors (Lipinski definition) is 1. The van der Waals surface area contributed by atoms with E-state index < -0.39 is 11.9 Å². The Bertz CT molecular complexity index is 609. The minimum Gasteiger partial charge on any atom is -0.481 e. The topological polar surface area (TPSA) is 74.7 Å². The van der Waals surface area contributed by atoms with Crippen LogP contribution in [-0.4, -0.2) is 40.8 Å². The van der Waals surface area contributed by atoms with E-state index in [4.69, 9.17) is 5.11 Å². The number of carbonyl (C=O) groups excluding carboxylic acids is 2. The number of rotatable bonds is 4. The highest BCUT2D eigenvalue weighted by Gasteiger charge is 2.27. The van der Waals surface area contributed by atoms with Crippen molar-refractivity contribution in [1.29, 1.82) is 0 Å². The lowest BCUT2D eigenvalue weighted by atomic mass is 9.98. The fourth-order valence-electron chi connectivity index (χ4n) is 2.34. The Morgan fingerprint density at radius 1 is 1.18 bits per heavy atom. The number of benzene rings is 1. The van der Waals surface area contributed by atoms with Gasteiger partial charge < -0.3 is 10.0 Å². The number of amides is 1. The second-order valence-corrected chi connectivity index (χ2v) is 6.08. The summed E-state index contributed by atoms with van der Waals surface area (Å²) in [5.74, 6) is -1.98. The van der Waals surface area contributed by atoms with E-state index in [9.17, 15) is 14.4 Å². The Hall–Kier alpha value is -1.95. The fraction of sp³-hybridized carbons (Fsp3) is 0.312. The van der Waals surface area contributed by atoms with Crippen molar-refractivity contribution in [3.05, 3.63) is 46.5 Å². The third-order valence-electron chi connectivity index (χ3n) is 3.59. The Balaban J connectivity index is 1.97. The van der Waals surface area contributed by atoms with E-state index in [1.165, 1.54) is 17.1 Å². The Morgan fingerprint density at radius 2 is 1.86 bits per heavy atom. The van der Waals surface area contributed by atoms with Gasteiger partial charge in [-0.25, -0.2) is 0 Å². The van der Waals surface area contributed by atoms with Gasteiger partial charge in [-0.2, -0.15) is 0 Å². The predicted molar refractivity (Wildman–Crippen MR) is 84.6 cm³/mol. The van der Waals surface area contributed by atoms with Gasteiger partial charge in [0.25, 0.3) is 0 Å². The van der Waals surface area contributed by atoms with Crippen LogP contribution in [0, 0.1) is 5.92 Å². The van der Waals surface area contributed by atoms with Gasteiger partial charge >= 0.3 is 5.97 Å². The quantitative estimate of drug-likeness (QED) is 0.656. The number of halogens is 1. The van der Waals surface area contributed by atoms with Crippen LogP contribution >= 0.6 is 15.9 Å². The molecule has 1 N–H and O–H groups in total. The summed E-state index contributed by atoms with van der Waals surface area (Å²) in [6.07, 6.45) is 3.70. The summed E-state index contributed by atoms with van der Waals surface area (Å²) in [4.78, 5) is 36.5.